The van der Waals surface area contributed by atoms with Gasteiger partial charge in [-0.15, -0.1) is 0 Å². The van der Waals surface area contributed by atoms with Crippen LogP contribution in [0.3, 0.4) is 0 Å². The van der Waals surface area contributed by atoms with E-state index >= 15 is 0 Å². The molecule has 31 heavy (non-hydrogen) atoms. The minimum Gasteiger partial charge on any atom is -0.364 e. The number of nitrogens with zero attached hydrogens (tertiary/aromatic N) is 4. The van der Waals surface area contributed by atoms with E-state index < -0.39 is 38.9 Å². The van der Waals surface area contributed by atoms with Crippen LogP contribution in [0.2, 0.25) is 0 Å². The average molecular weight is 460 g/mol. The maximum atomic E-state index is 13.3. The Morgan fingerprint density at radius 2 is 2.00 bits per heavy atom. The highest BCUT2D eigenvalue weighted by Gasteiger charge is 2.42. The molecule has 0 aliphatic carbocycles. The van der Waals surface area contributed by atoms with Gasteiger partial charge in [0.05, 0.1) is 29.7 Å². The molecule has 0 radical (unpaired) electrons. The number of rotatable bonds is 6. The molecule has 1 aromatic heterocycles. The summed E-state index contributed by atoms with van der Waals surface area (Å²) in [5.74, 6) is -0.956. The van der Waals surface area contributed by atoms with E-state index in [1.54, 1.807) is 6.92 Å². The third kappa shape index (κ3) is 4.00. The van der Waals surface area contributed by atoms with Gasteiger partial charge in [0.1, 0.15) is 11.4 Å². The molecule has 2 heterocycles. The molecular weight excluding hydrogens is 441 g/mol. The minimum atomic E-state index is -4.60. The van der Waals surface area contributed by atoms with Crippen LogP contribution in [0.4, 0.5) is 24.5 Å². The molecule has 1 atom stereocenters. The lowest BCUT2D eigenvalue weighted by atomic mass is 10.1. The highest BCUT2D eigenvalue weighted by molar-refractivity contribution is 7.89. The number of nitrogens with two attached hydrogens (primary N) is 1. The summed E-state index contributed by atoms with van der Waals surface area (Å²) < 4.78 is 67.0. The maximum Gasteiger partial charge on any atom is 0.416 e. The van der Waals surface area contributed by atoms with Gasteiger partial charge >= 0.3 is 6.18 Å². The summed E-state index contributed by atoms with van der Waals surface area (Å²) in [6.07, 6.45) is -4.84. The number of sulfonamides is 1. The van der Waals surface area contributed by atoms with Crippen LogP contribution in [-0.4, -0.2) is 45.0 Å². The lowest BCUT2D eigenvalue weighted by Gasteiger charge is -2.29. The van der Waals surface area contributed by atoms with Crippen LogP contribution in [0.25, 0.3) is 0 Å². The first-order valence-electron chi connectivity index (χ1n) is 8.88. The molecule has 1 amide bonds. The Labute approximate surface area is 175 Å². The minimum absolute atomic E-state index is 0.0447. The Morgan fingerprint density at radius 3 is 2.55 bits per heavy atom. The topological polar surface area (TPSA) is 131 Å². The van der Waals surface area contributed by atoms with E-state index in [0.29, 0.717) is 5.69 Å². The van der Waals surface area contributed by atoms with Crippen molar-refractivity contribution in [2.24, 2.45) is 5.73 Å². The molecule has 3 rings (SSSR count). The van der Waals surface area contributed by atoms with Gasteiger partial charge in [0.15, 0.2) is 11.2 Å². The number of amides is 1. The fraction of sp³-hybridized carbons (Fsp3) is 0.353. The SMILES string of the molecule is CCON1c2cc(C(F)(F)F)ccc2N(C)C1c1nc(C(N)=O)cnc1S(=O)(=O)NC. The zero-order valence-corrected chi connectivity index (χ0v) is 17.5. The summed E-state index contributed by atoms with van der Waals surface area (Å²) in [6.45, 7) is 1.66. The number of hydroxylamine groups is 1. The molecule has 0 bridgehead atoms. The van der Waals surface area contributed by atoms with Crippen molar-refractivity contribution >= 4 is 27.3 Å². The van der Waals surface area contributed by atoms with Gasteiger partial charge < -0.3 is 10.6 Å². The number of anilines is 2. The average Bonchev–Trinajstić information content (AvgIpc) is 2.98. The van der Waals surface area contributed by atoms with E-state index in [2.05, 4.69) is 14.7 Å². The Morgan fingerprint density at radius 1 is 1.32 bits per heavy atom. The number of aromatic nitrogens is 2. The Balaban J connectivity index is 2.26. The number of hydrogen-bond acceptors (Lipinski definition) is 8. The molecular formula is C17H19F3N6O4S. The molecule has 1 aliphatic heterocycles. The molecule has 0 saturated heterocycles. The molecule has 2 aromatic rings. The molecule has 3 N–H and O–H groups in total. The van der Waals surface area contributed by atoms with E-state index in [4.69, 9.17) is 10.6 Å². The molecule has 0 saturated carbocycles. The third-order valence-electron chi connectivity index (χ3n) is 4.56. The van der Waals surface area contributed by atoms with E-state index in [0.717, 1.165) is 30.4 Å². The predicted octanol–water partition coefficient (Wildman–Crippen LogP) is 1.41. The number of benzene rings is 1. The fourth-order valence-corrected chi connectivity index (χ4v) is 3.96. The number of hydrogen-bond donors (Lipinski definition) is 2. The highest BCUT2D eigenvalue weighted by atomic mass is 32.2. The van der Waals surface area contributed by atoms with E-state index in [-0.39, 0.29) is 23.7 Å². The lowest BCUT2D eigenvalue weighted by molar-refractivity contribution is -0.137. The van der Waals surface area contributed by atoms with Crippen LogP contribution in [0, 0.1) is 0 Å². The van der Waals surface area contributed by atoms with Gasteiger partial charge in [-0.3, -0.25) is 9.63 Å². The van der Waals surface area contributed by atoms with Crippen molar-refractivity contribution in [3.05, 3.63) is 41.3 Å². The van der Waals surface area contributed by atoms with Crippen molar-refractivity contribution in [2.45, 2.75) is 24.3 Å². The smallest absolute Gasteiger partial charge is 0.364 e. The van der Waals surface area contributed by atoms with Crippen molar-refractivity contribution in [3.63, 3.8) is 0 Å². The summed E-state index contributed by atoms with van der Waals surface area (Å²) in [4.78, 5) is 26.6. The number of fused-ring (bicyclic) bond motifs is 1. The number of carbonyl (C=O) groups excluding carboxylic acids is 1. The summed E-state index contributed by atoms with van der Waals surface area (Å²) in [6, 6.07) is 3.03. The predicted molar refractivity (Wildman–Crippen MR) is 103 cm³/mol. The molecule has 0 fully saturated rings. The number of alkyl halides is 3. The number of halogens is 3. The molecule has 0 spiro atoms. The molecule has 10 nitrogen and oxygen atoms in total. The zero-order valence-electron chi connectivity index (χ0n) is 16.6. The largest absolute Gasteiger partial charge is 0.416 e. The fourth-order valence-electron chi connectivity index (χ4n) is 3.15. The number of nitrogens with one attached hydrogen (secondary N) is 1. The summed E-state index contributed by atoms with van der Waals surface area (Å²) in [5, 5.41) is 0.582. The number of primary amides is 1. The summed E-state index contributed by atoms with van der Waals surface area (Å²) in [5.41, 5.74) is 4.16. The first-order chi connectivity index (χ1) is 14.4. The summed E-state index contributed by atoms with van der Waals surface area (Å²) in [7, 11) is -1.48. The molecule has 168 valence electrons. The van der Waals surface area contributed by atoms with Crippen molar-refractivity contribution in [1.29, 1.82) is 0 Å². The van der Waals surface area contributed by atoms with Gasteiger partial charge in [0.2, 0.25) is 0 Å². The van der Waals surface area contributed by atoms with Crippen LogP contribution >= 0.6 is 0 Å². The number of carbonyl (C=O) groups is 1. The Hall–Kier alpha value is -2.97. The highest BCUT2D eigenvalue weighted by Crippen LogP contribution is 2.48. The van der Waals surface area contributed by atoms with Crippen LogP contribution < -0.4 is 20.4 Å². The second-order valence-corrected chi connectivity index (χ2v) is 8.25. The van der Waals surface area contributed by atoms with Crippen molar-refractivity contribution < 1.29 is 31.2 Å². The molecule has 1 aliphatic rings. The van der Waals surface area contributed by atoms with Crippen molar-refractivity contribution in [2.75, 3.05) is 30.7 Å². The van der Waals surface area contributed by atoms with Gasteiger partial charge in [-0.25, -0.2) is 28.2 Å². The lowest BCUT2D eigenvalue weighted by Crippen LogP contribution is -2.37. The standard InChI is InChI=1S/C17H19F3N6O4S/c1-4-30-26-12-7-9(17(18,19)20)5-6-11(12)25(3)16(26)13-15(31(28,29)22-2)23-8-10(24-13)14(21)27/h5-8,16,22H,4H2,1-3H3,(H2,21,27). The Kier molecular flexibility index (Phi) is 5.82. The first kappa shape index (κ1) is 22.7. The van der Waals surface area contributed by atoms with Crippen LogP contribution in [0.1, 0.15) is 34.8 Å². The van der Waals surface area contributed by atoms with E-state index in [1.165, 1.54) is 18.0 Å². The van der Waals surface area contributed by atoms with E-state index in [9.17, 15) is 26.4 Å². The molecule has 1 aromatic carbocycles. The maximum absolute atomic E-state index is 13.3. The monoisotopic (exact) mass is 460 g/mol. The Bertz CT molecular complexity index is 1130. The van der Waals surface area contributed by atoms with Gasteiger partial charge in [0, 0.05) is 7.05 Å². The van der Waals surface area contributed by atoms with Crippen molar-refractivity contribution in [3.8, 4) is 0 Å². The van der Waals surface area contributed by atoms with Gasteiger partial charge in [-0.05, 0) is 32.2 Å². The quantitative estimate of drug-likeness (QED) is 0.662. The zero-order chi connectivity index (χ0) is 23.1. The normalized spacial score (nSPS) is 16.5. The first-order valence-corrected chi connectivity index (χ1v) is 10.4. The second-order valence-electron chi connectivity index (χ2n) is 6.45. The third-order valence-corrected chi connectivity index (χ3v) is 5.92. The van der Waals surface area contributed by atoms with Gasteiger partial charge in [0.25, 0.3) is 15.9 Å². The van der Waals surface area contributed by atoms with Crippen LogP contribution in [0.5, 0.6) is 0 Å². The second kappa shape index (κ2) is 7.94. The van der Waals surface area contributed by atoms with Crippen molar-refractivity contribution in [1.82, 2.24) is 14.7 Å². The molecule has 14 heteroatoms. The van der Waals surface area contributed by atoms with Crippen LogP contribution in [0.15, 0.2) is 29.4 Å². The van der Waals surface area contributed by atoms with Gasteiger partial charge in [-0.2, -0.15) is 13.2 Å². The van der Waals surface area contributed by atoms with E-state index in [1.807, 2.05) is 0 Å². The molecule has 1 unspecified atom stereocenters. The van der Waals surface area contributed by atoms with Gasteiger partial charge in [-0.1, -0.05) is 0 Å². The summed E-state index contributed by atoms with van der Waals surface area (Å²) >= 11 is 0. The van der Waals surface area contributed by atoms with Crippen LogP contribution in [-0.2, 0) is 21.0 Å².